The summed E-state index contributed by atoms with van der Waals surface area (Å²) < 4.78 is 6.16. The van der Waals surface area contributed by atoms with Crippen LogP contribution in [0.25, 0.3) is 0 Å². The smallest absolute Gasteiger partial charge is 0.132 e. The monoisotopic (exact) mass is 303 g/mol. The quantitative estimate of drug-likeness (QED) is 0.801. The SMILES string of the molecule is CCC(C)c1ccccc1Oc1cc(Cl)ccc1CCN. The van der Waals surface area contributed by atoms with Gasteiger partial charge in [-0.25, -0.2) is 0 Å². The van der Waals surface area contributed by atoms with E-state index in [1.807, 2.05) is 36.4 Å². The highest BCUT2D eigenvalue weighted by Gasteiger charge is 2.12. The molecule has 0 aliphatic heterocycles. The Morgan fingerprint density at radius 2 is 1.90 bits per heavy atom. The molecule has 2 rings (SSSR count). The van der Waals surface area contributed by atoms with E-state index in [1.165, 1.54) is 5.56 Å². The first-order valence-electron chi connectivity index (χ1n) is 7.41. The Balaban J connectivity index is 2.36. The standard InChI is InChI=1S/C18H22ClNO/c1-3-13(2)16-6-4-5-7-17(16)21-18-12-15(19)9-8-14(18)10-11-20/h4-9,12-13H,3,10-11,20H2,1-2H3. The van der Waals surface area contributed by atoms with Gasteiger partial charge in [0.1, 0.15) is 11.5 Å². The molecule has 0 radical (unpaired) electrons. The van der Waals surface area contributed by atoms with Crippen molar-refractivity contribution in [3.05, 3.63) is 58.6 Å². The first-order valence-corrected chi connectivity index (χ1v) is 7.78. The maximum absolute atomic E-state index is 6.16. The molecule has 21 heavy (non-hydrogen) atoms. The van der Waals surface area contributed by atoms with Gasteiger partial charge in [-0.2, -0.15) is 0 Å². The Morgan fingerprint density at radius 1 is 1.14 bits per heavy atom. The van der Waals surface area contributed by atoms with Gasteiger partial charge < -0.3 is 10.5 Å². The van der Waals surface area contributed by atoms with Crippen molar-refractivity contribution < 1.29 is 4.74 Å². The molecule has 112 valence electrons. The highest BCUT2D eigenvalue weighted by atomic mass is 35.5. The molecule has 0 saturated heterocycles. The third kappa shape index (κ3) is 3.99. The summed E-state index contributed by atoms with van der Waals surface area (Å²) in [5.74, 6) is 2.15. The molecule has 2 aromatic rings. The van der Waals surface area contributed by atoms with E-state index in [4.69, 9.17) is 22.1 Å². The number of hydrogen-bond donors (Lipinski definition) is 1. The van der Waals surface area contributed by atoms with E-state index >= 15 is 0 Å². The largest absolute Gasteiger partial charge is 0.457 e. The van der Waals surface area contributed by atoms with E-state index in [-0.39, 0.29) is 0 Å². The molecule has 0 aliphatic rings. The summed E-state index contributed by atoms with van der Waals surface area (Å²) in [6.07, 6.45) is 1.85. The van der Waals surface area contributed by atoms with Crippen LogP contribution in [0.15, 0.2) is 42.5 Å². The molecule has 1 unspecified atom stereocenters. The second-order valence-corrected chi connectivity index (χ2v) is 5.68. The van der Waals surface area contributed by atoms with Crippen LogP contribution in [-0.4, -0.2) is 6.54 Å². The lowest BCUT2D eigenvalue weighted by atomic mass is 9.98. The summed E-state index contributed by atoms with van der Waals surface area (Å²) in [6.45, 7) is 4.98. The van der Waals surface area contributed by atoms with E-state index in [1.54, 1.807) is 0 Å². The van der Waals surface area contributed by atoms with Gasteiger partial charge in [0, 0.05) is 5.02 Å². The number of benzene rings is 2. The molecule has 0 aromatic heterocycles. The predicted octanol–water partition coefficient (Wildman–Crippen LogP) is 5.15. The zero-order valence-corrected chi connectivity index (χ0v) is 13.4. The zero-order chi connectivity index (χ0) is 15.2. The first kappa shape index (κ1) is 15.9. The molecule has 1 atom stereocenters. The van der Waals surface area contributed by atoms with Crippen LogP contribution < -0.4 is 10.5 Å². The minimum atomic E-state index is 0.457. The molecule has 0 saturated carbocycles. The predicted molar refractivity (Wildman–Crippen MR) is 89.4 cm³/mol. The van der Waals surface area contributed by atoms with Crippen LogP contribution in [0.3, 0.4) is 0 Å². The van der Waals surface area contributed by atoms with Crippen molar-refractivity contribution in [1.82, 2.24) is 0 Å². The van der Waals surface area contributed by atoms with Crippen molar-refractivity contribution in [3.63, 3.8) is 0 Å². The van der Waals surface area contributed by atoms with Gasteiger partial charge in [0.15, 0.2) is 0 Å². The van der Waals surface area contributed by atoms with Crippen LogP contribution in [0.2, 0.25) is 5.02 Å². The molecule has 0 heterocycles. The highest BCUT2D eigenvalue weighted by molar-refractivity contribution is 6.30. The molecule has 0 amide bonds. The molecule has 2 N–H and O–H groups in total. The van der Waals surface area contributed by atoms with E-state index in [0.29, 0.717) is 17.5 Å². The van der Waals surface area contributed by atoms with Gasteiger partial charge in [-0.05, 0) is 54.6 Å². The van der Waals surface area contributed by atoms with E-state index in [0.717, 1.165) is 29.9 Å². The maximum Gasteiger partial charge on any atom is 0.132 e. The Kier molecular flexibility index (Phi) is 5.66. The third-order valence-electron chi connectivity index (χ3n) is 3.73. The molecule has 0 fully saturated rings. The summed E-state index contributed by atoms with van der Waals surface area (Å²) in [5, 5.41) is 0.673. The number of para-hydroxylation sites is 1. The van der Waals surface area contributed by atoms with Crippen molar-refractivity contribution in [2.75, 3.05) is 6.54 Å². The van der Waals surface area contributed by atoms with Gasteiger partial charge in [-0.1, -0.05) is 49.7 Å². The average molecular weight is 304 g/mol. The minimum Gasteiger partial charge on any atom is -0.457 e. The van der Waals surface area contributed by atoms with E-state index < -0.39 is 0 Å². The molecule has 3 heteroatoms. The summed E-state index contributed by atoms with van der Waals surface area (Å²) in [7, 11) is 0. The van der Waals surface area contributed by atoms with Crippen LogP contribution >= 0.6 is 11.6 Å². The van der Waals surface area contributed by atoms with Crippen LogP contribution in [0.5, 0.6) is 11.5 Å². The summed E-state index contributed by atoms with van der Waals surface area (Å²) in [4.78, 5) is 0. The van der Waals surface area contributed by atoms with E-state index in [2.05, 4.69) is 19.9 Å². The first-order chi connectivity index (χ1) is 10.2. The fourth-order valence-corrected chi connectivity index (χ4v) is 2.47. The van der Waals surface area contributed by atoms with Gasteiger partial charge in [0.05, 0.1) is 0 Å². The number of hydrogen-bond acceptors (Lipinski definition) is 2. The molecular formula is C18H22ClNO. The normalized spacial score (nSPS) is 12.2. The highest BCUT2D eigenvalue weighted by Crippen LogP contribution is 2.34. The van der Waals surface area contributed by atoms with Crippen LogP contribution in [0.1, 0.15) is 37.3 Å². The number of halogens is 1. The van der Waals surface area contributed by atoms with Crippen LogP contribution in [-0.2, 0) is 6.42 Å². The molecule has 0 aliphatic carbocycles. The van der Waals surface area contributed by atoms with Crippen molar-refractivity contribution in [1.29, 1.82) is 0 Å². The van der Waals surface area contributed by atoms with Gasteiger partial charge in [0.2, 0.25) is 0 Å². The molecule has 0 spiro atoms. The number of ether oxygens (including phenoxy) is 1. The molecule has 0 bridgehead atoms. The molecule has 2 nitrogen and oxygen atoms in total. The lowest BCUT2D eigenvalue weighted by molar-refractivity contribution is 0.464. The van der Waals surface area contributed by atoms with Crippen LogP contribution in [0, 0.1) is 0 Å². The Hall–Kier alpha value is -1.51. The second kappa shape index (κ2) is 7.48. The number of rotatable bonds is 6. The number of nitrogens with two attached hydrogens (primary N) is 1. The Bertz CT molecular complexity index is 598. The van der Waals surface area contributed by atoms with E-state index in [9.17, 15) is 0 Å². The second-order valence-electron chi connectivity index (χ2n) is 5.24. The topological polar surface area (TPSA) is 35.2 Å². The Morgan fingerprint density at radius 3 is 2.62 bits per heavy atom. The van der Waals surface area contributed by atoms with Crippen molar-refractivity contribution >= 4 is 11.6 Å². The van der Waals surface area contributed by atoms with Gasteiger partial charge >= 0.3 is 0 Å². The van der Waals surface area contributed by atoms with Crippen molar-refractivity contribution in [3.8, 4) is 11.5 Å². The third-order valence-corrected chi connectivity index (χ3v) is 3.96. The van der Waals surface area contributed by atoms with Crippen LogP contribution in [0.4, 0.5) is 0 Å². The maximum atomic E-state index is 6.16. The fraction of sp³-hybridized carbons (Fsp3) is 0.333. The van der Waals surface area contributed by atoms with Gasteiger partial charge in [-0.15, -0.1) is 0 Å². The summed E-state index contributed by atoms with van der Waals surface area (Å²) >= 11 is 6.10. The lowest BCUT2D eigenvalue weighted by Crippen LogP contribution is -2.04. The Labute approximate surface area is 131 Å². The lowest BCUT2D eigenvalue weighted by Gasteiger charge is -2.17. The fourth-order valence-electron chi connectivity index (χ4n) is 2.30. The van der Waals surface area contributed by atoms with Crippen molar-refractivity contribution in [2.45, 2.75) is 32.6 Å². The zero-order valence-electron chi connectivity index (χ0n) is 12.6. The summed E-state index contributed by atoms with van der Waals surface area (Å²) in [5.41, 5.74) is 7.98. The van der Waals surface area contributed by atoms with Gasteiger partial charge in [-0.3, -0.25) is 0 Å². The van der Waals surface area contributed by atoms with Crippen molar-refractivity contribution in [2.24, 2.45) is 5.73 Å². The molecule has 2 aromatic carbocycles. The molecular weight excluding hydrogens is 282 g/mol. The summed E-state index contributed by atoms with van der Waals surface area (Å²) in [6, 6.07) is 13.9. The minimum absolute atomic E-state index is 0.457. The average Bonchev–Trinajstić information content (AvgIpc) is 2.50. The van der Waals surface area contributed by atoms with Gasteiger partial charge in [0.25, 0.3) is 0 Å².